The molecule has 1 saturated carbocycles. The number of benzene rings is 1. The van der Waals surface area contributed by atoms with Gasteiger partial charge in [0, 0.05) is 5.69 Å². The summed E-state index contributed by atoms with van der Waals surface area (Å²) in [4.78, 5) is 12.0. The zero-order chi connectivity index (χ0) is 17.1. The summed E-state index contributed by atoms with van der Waals surface area (Å²) in [6, 6.07) is 9.71. The van der Waals surface area contributed by atoms with Gasteiger partial charge in [0.1, 0.15) is 16.9 Å². The number of amides is 1. The molecule has 0 radical (unpaired) electrons. The Morgan fingerprint density at radius 1 is 1.26 bits per heavy atom. The van der Waals surface area contributed by atoms with E-state index in [1.165, 1.54) is 0 Å². The average Bonchev–Trinajstić information content (AvgIpc) is 3.30. The van der Waals surface area contributed by atoms with Gasteiger partial charge in [-0.05, 0) is 70.7 Å². The molecular formula is C18H25N3O2. The minimum atomic E-state index is -0.747. The lowest BCUT2D eigenvalue weighted by atomic mass is 9.98. The van der Waals surface area contributed by atoms with Crippen LogP contribution in [0.25, 0.3) is 0 Å². The largest absolute Gasteiger partial charge is 0.488 e. The SMILES string of the molecule is CC(C)(C)Oc1ccc(NCC(=O)N[C@](C)(C#N)C2CC2)cc1. The van der Waals surface area contributed by atoms with Crippen LogP contribution in [0.15, 0.2) is 24.3 Å². The van der Waals surface area contributed by atoms with Gasteiger partial charge < -0.3 is 15.4 Å². The van der Waals surface area contributed by atoms with Crippen molar-refractivity contribution in [2.75, 3.05) is 11.9 Å². The molecule has 5 nitrogen and oxygen atoms in total. The standard InChI is InChI=1S/C18H25N3O2/c1-17(2,3)23-15-9-7-14(8-10-15)20-11-16(22)21-18(4,12-19)13-5-6-13/h7-10,13,20H,5-6,11H2,1-4H3,(H,21,22)/t18-/m1/s1. The molecule has 2 rings (SSSR count). The Morgan fingerprint density at radius 3 is 2.35 bits per heavy atom. The summed E-state index contributed by atoms with van der Waals surface area (Å²) in [6.07, 6.45) is 2.01. The summed E-state index contributed by atoms with van der Waals surface area (Å²) in [6.45, 7) is 7.92. The van der Waals surface area contributed by atoms with Gasteiger partial charge in [0.15, 0.2) is 0 Å². The monoisotopic (exact) mass is 315 g/mol. The highest BCUT2D eigenvalue weighted by atomic mass is 16.5. The molecule has 0 heterocycles. The van der Waals surface area contributed by atoms with Crippen LogP contribution in [-0.4, -0.2) is 23.6 Å². The first kappa shape index (κ1) is 17.1. The minimum absolute atomic E-state index is 0.142. The molecular weight excluding hydrogens is 290 g/mol. The van der Waals surface area contributed by atoms with Crippen molar-refractivity contribution in [3.63, 3.8) is 0 Å². The molecule has 0 unspecified atom stereocenters. The maximum Gasteiger partial charge on any atom is 0.240 e. The number of nitrogens with zero attached hydrogens (tertiary/aromatic N) is 1. The summed E-state index contributed by atoms with van der Waals surface area (Å²) in [5.41, 5.74) is -0.144. The lowest BCUT2D eigenvalue weighted by Gasteiger charge is -2.23. The summed E-state index contributed by atoms with van der Waals surface area (Å²) in [5, 5.41) is 15.1. The third kappa shape index (κ3) is 5.17. The van der Waals surface area contributed by atoms with Gasteiger partial charge in [-0.1, -0.05) is 0 Å². The van der Waals surface area contributed by atoms with Gasteiger partial charge >= 0.3 is 0 Å². The number of nitriles is 1. The van der Waals surface area contributed by atoms with Crippen molar-refractivity contribution >= 4 is 11.6 Å². The first-order valence-corrected chi connectivity index (χ1v) is 7.97. The lowest BCUT2D eigenvalue weighted by molar-refractivity contribution is -0.120. The Labute approximate surface area is 138 Å². The van der Waals surface area contributed by atoms with Gasteiger partial charge in [-0.15, -0.1) is 0 Å². The topological polar surface area (TPSA) is 74.2 Å². The smallest absolute Gasteiger partial charge is 0.240 e. The number of hydrogen-bond acceptors (Lipinski definition) is 4. The molecule has 0 aliphatic heterocycles. The Kier molecular flexibility index (Phi) is 4.84. The fourth-order valence-corrected chi connectivity index (χ4v) is 2.39. The lowest BCUT2D eigenvalue weighted by Crippen LogP contribution is -2.48. The van der Waals surface area contributed by atoms with E-state index in [4.69, 9.17) is 4.74 Å². The molecule has 1 atom stereocenters. The Morgan fingerprint density at radius 2 is 1.87 bits per heavy atom. The van der Waals surface area contributed by atoms with Gasteiger partial charge in [-0.3, -0.25) is 4.79 Å². The predicted molar refractivity (Wildman–Crippen MR) is 90.2 cm³/mol. The van der Waals surface area contributed by atoms with E-state index in [2.05, 4.69) is 16.7 Å². The highest BCUT2D eigenvalue weighted by Crippen LogP contribution is 2.39. The third-order valence-electron chi connectivity index (χ3n) is 3.76. The summed E-state index contributed by atoms with van der Waals surface area (Å²) in [5.74, 6) is 0.902. The fraction of sp³-hybridized carbons (Fsp3) is 0.556. The predicted octanol–water partition coefficient (Wildman–Crippen LogP) is 3.08. The molecule has 0 bridgehead atoms. The maximum atomic E-state index is 12.0. The maximum absolute atomic E-state index is 12.0. The molecule has 1 aliphatic carbocycles. The first-order valence-electron chi connectivity index (χ1n) is 7.97. The van der Waals surface area contributed by atoms with Crippen LogP contribution in [0.1, 0.15) is 40.5 Å². The van der Waals surface area contributed by atoms with Gasteiger partial charge in [-0.25, -0.2) is 0 Å². The van der Waals surface area contributed by atoms with Crippen LogP contribution in [0.2, 0.25) is 0 Å². The van der Waals surface area contributed by atoms with Crippen LogP contribution in [0.5, 0.6) is 5.75 Å². The van der Waals surface area contributed by atoms with Crippen molar-refractivity contribution in [1.29, 1.82) is 5.26 Å². The fourth-order valence-electron chi connectivity index (χ4n) is 2.39. The number of rotatable bonds is 6. The van der Waals surface area contributed by atoms with Crippen molar-refractivity contribution in [1.82, 2.24) is 5.32 Å². The van der Waals surface area contributed by atoms with Crippen molar-refractivity contribution < 1.29 is 9.53 Å². The molecule has 23 heavy (non-hydrogen) atoms. The molecule has 0 spiro atoms. The van der Waals surface area contributed by atoms with E-state index < -0.39 is 5.54 Å². The zero-order valence-electron chi connectivity index (χ0n) is 14.3. The summed E-state index contributed by atoms with van der Waals surface area (Å²) in [7, 11) is 0. The second kappa shape index (κ2) is 6.49. The van der Waals surface area contributed by atoms with E-state index in [0.29, 0.717) is 0 Å². The van der Waals surface area contributed by atoms with Crippen molar-refractivity contribution in [2.24, 2.45) is 5.92 Å². The molecule has 2 N–H and O–H groups in total. The van der Waals surface area contributed by atoms with Crippen LogP contribution in [0.3, 0.4) is 0 Å². The summed E-state index contributed by atoms with van der Waals surface area (Å²) >= 11 is 0. The van der Waals surface area contributed by atoms with E-state index in [-0.39, 0.29) is 24.0 Å². The van der Waals surface area contributed by atoms with E-state index in [9.17, 15) is 10.1 Å². The quantitative estimate of drug-likeness (QED) is 0.846. The molecule has 1 aromatic carbocycles. The van der Waals surface area contributed by atoms with Gasteiger partial charge in [0.25, 0.3) is 0 Å². The number of carbonyl (C=O) groups is 1. The number of ether oxygens (including phenoxy) is 1. The highest BCUT2D eigenvalue weighted by molar-refractivity contribution is 5.82. The molecule has 1 amide bonds. The van der Waals surface area contributed by atoms with E-state index in [0.717, 1.165) is 24.3 Å². The second-order valence-electron chi connectivity index (χ2n) is 7.23. The molecule has 124 valence electrons. The van der Waals surface area contributed by atoms with Gasteiger partial charge in [0.2, 0.25) is 5.91 Å². The number of hydrogen-bond donors (Lipinski definition) is 2. The molecule has 0 saturated heterocycles. The average molecular weight is 315 g/mol. The number of carbonyl (C=O) groups excluding carboxylic acids is 1. The molecule has 1 aromatic rings. The molecule has 5 heteroatoms. The van der Waals surface area contributed by atoms with Crippen molar-refractivity contribution in [3.05, 3.63) is 24.3 Å². The first-order chi connectivity index (χ1) is 10.7. The Bertz CT molecular complexity index is 594. The molecule has 1 aliphatic rings. The van der Waals surface area contributed by atoms with E-state index in [1.807, 2.05) is 45.0 Å². The van der Waals surface area contributed by atoms with Crippen LogP contribution in [-0.2, 0) is 4.79 Å². The van der Waals surface area contributed by atoms with Gasteiger partial charge in [-0.2, -0.15) is 5.26 Å². The van der Waals surface area contributed by atoms with Crippen LogP contribution in [0.4, 0.5) is 5.69 Å². The van der Waals surface area contributed by atoms with Crippen molar-refractivity contribution in [2.45, 2.75) is 51.7 Å². The Balaban J connectivity index is 1.83. The molecule has 0 aromatic heterocycles. The van der Waals surface area contributed by atoms with E-state index in [1.54, 1.807) is 6.92 Å². The van der Waals surface area contributed by atoms with Crippen LogP contribution < -0.4 is 15.4 Å². The second-order valence-corrected chi connectivity index (χ2v) is 7.23. The zero-order valence-corrected chi connectivity index (χ0v) is 14.3. The number of anilines is 1. The van der Waals surface area contributed by atoms with Crippen molar-refractivity contribution in [3.8, 4) is 11.8 Å². The minimum Gasteiger partial charge on any atom is -0.488 e. The summed E-state index contributed by atoms with van der Waals surface area (Å²) < 4.78 is 5.75. The Hall–Kier alpha value is -2.22. The van der Waals surface area contributed by atoms with E-state index >= 15 is 0 Å². The normalized spacial score (nSPS) is 16.8. The van der Waals surface area contributed by atoms with Gasteiger partial charge in [0.05, 0.1) is 12.6 Å². The number of nitrogens with one attached hydrogen (secondary N) is 2. The molecule has 1 fully saturated rings. The van der Waals surface area contributed by atoms with Crippen LogP contribution >= 0.6 is 0 Å². The highest BCUT2D eigenvalue weighted by Gasteiger charge is 2.42. The van der Waals surface area contributed by atoms with Crippen LogP contribution in [0, 0.1) is 17.2 Å². The third-order valence-corrected chi connectivity index (χ3v) is 3.76.